The van der Waals surface area contributed by atoms with E-state index in [1.54, 1.807) is 36.3 Å². The Bertz CT molecular complexity index is 1720. The highest BCUT2D eigenvalue weighted by atomic mass is 35.5. The van der Waals surface area contributed by atoms with Gasteiger partial charge in [0.15, 0.2) is 16.7 Å². The van der Waals surface area contributed by atoms with Crippen molar-refractivity contribution in [1.29, 1.82) is 0 Å². The third-order valence-electron chi connectivity index (χ3n) is 5.90. The molecular weight excluding hydrogens is 509 g/mol. The molecule has 0 unspecified atom stereocenters. The summed E-state index contributed by atoms with van der Waals surface area (Å²) in [6, 6.07) is 14.6. The summed E-state index contributed by atoms with van der Waals surface area (Å²) in [5.41, 5.74) is -0.467. The molecule has 3 aromatic heterocycles. The molecule has 0 saturated heterocycles. The van der Waals surface area contributed by atoms with E-state index in [9.17, 15) is 14.0 Å². The molecule has 5 aromatic rings. The van der Waals surface area contributed by atoms with Gasteiger partial charge in [0.05, 0.1) is 16.8 Å². The molecule has 194 valence electrons. The SMILES string of the molecule is CCN(c1ccc(Cl)nc1C(=O)OC(C)(C)C)c1cc(F)cc2c(=O)cc(-n3cc4ccccc4c3)oc12. The maximum absolute atomic E-state index is 14.9. The van der Waals surface area contributed by atoms with Crippen LogP contribution in [0.2, 0.25) is 5.15 Å². The predicted octanol–water partition coefficient (Wildman–Crippen LogP) is 7.04. The number of rotatable bonds is 5. The topological polar surface area (TPSA) is 77.6 Å². The highest BCUT2D eigenvalue weighted by Crippen LogP contribution is 2.36. The monoisotopic (exact) mass is 533 g/mol. The first-order valence-electron chi connectivity index (χ1n) is 12.1. The lowest BCUT2D eigenvalue weighted by molar-refractivity contribution is 0.00638. The number of ether oxygens (including phenoxy) is 1. The van der Waals surface area contributed by atoms with Crippen LogP contribution in [0.25, 0.3) is 27.6 Å². The van der Waals surface area contributed by atoms with Crippen LogP contribution in [0.3, 0.4) is 0 Å². The van der Waals surface area contributed by atoms with E-state index in [1.807, 2.05) is 43.6 Å². The van der Waals surface area contributed by atoms with E-state index in [2.05, 4.69) is 4.98 Å². The van der Waals surface area contributed by atoms with Crippen molar-refractivity contribution in [3.8, 4) is 5.88 Å². The summed E-state index contributed by atoms with van der Waals surface area (Å²) >= 11 is 6.13. The Labute approximate surface area is 223 Å². The minimum absolute atomic E-state index is 0.0400. The van der Waals surface area contributed by atoms with E-state index in [4.69, 9.17) is 20.8 Å². The maximum Gasteiger partial charge on any atom is 0.359 e. The summed E-state index contributed by atoms with van der Waals surface area (Å²) in [6.07, 6.45) is 3.70. The van der Waals surface area contributed by atoms with E-state index in [-0.39, 0.29) is 33.4 Å². The van der Waals surface area contributed by atoms with Gasteiger partial charge in [0.1, 0.15) is 16.6 Å². The van der Waals surface area contributed by atoms with Crippen molar-refractivity contribution < 1.29 is 18.3 Å². The van der Waals surface area contributed by atoms with Crippen molar-refractivity contribution in [3.63, 3.8) is 0 Å². The molecule has 38 heavy (non-hydrogen) atoms. The molecule has 0 N–H and O–H groups in total. The van der Waals surface area contributed by atoms with Gasteiger partial charge in [-0.3, -0.25) is 9.36 Å². The fraction of sp³-hybridized carbons (Fsp3) is 0.207. The minimum Gasteiger partial charge on any atom is -0.455 e. The van der Waals surface area contributed by atoms with Crippen LogP contribution in [0, 0.1) is 5.82 Å². The zero-order chi connectivity index (χ0) is 27.2. The molecule has 0 bridgehead atoms. The van der Waals surface area contributed by atoms with Crippen LogP contribution in [-0.2, 0) is 4.74 Å². The fourth-order valence-electron chi connectivity index (χ4n) is 4.32. The summed E-state index contributed by atoms with van der Waals surface area (Å²) in [5.74, 6) is -1.04. The number of carbonyl (C=O) groups excluding carboxylic acids is 1. The Morgan fingerprint density at radius 3 is 2.39 bits per heavy atom. The number of hydrogen-bond acceptors (Lipinski definition) is 6. The normalized spacial score (nSPS) is 11.7. The summed E-state index contributed by atoms with van der Waals surface area (Å²) in [4.78, 5) is 32.1. The highest BCUT2D eigenvalue weighted by Gasteiger charge is 2.27. The van der Waals surface area contributed by atoms with E-state index < -0.39 is 22.8 Å². The van der Waals surface area contributed by atoms with Crippen LogP contribution in [0.5, 0.6) is 0 Å². The Morgan fingerprint density at radius 2 is 1.76 bits per heavy atom. The number of carbonyl (C=O) groups is 1. The Hall–Kier alpha value is -4.17. The van der Waals surface area contributed by atoms with Gasteiger partial charge in [-0.2, -0.15) is 0 Å². The molecule has 7 nitrogen and oxygen atoms in total. The van der Waals surface area contributed by atoms with Gasteiger partial charge in [-0.05, 0) is 56.7 Å². The molecular formula is C29H25ClFN3O4. The average molecular weight is 534 g/mol. The van der Waals surface area contributed by atoms with Crippen molar-refractivity contribution in [2.45, 2.75) is 33.3 Å². The Morgan fingerprint density at radius 1 is 1.08 bits per heavy atom. The smallest absolute Gasteiger partial charge is 0.359 e. The summed E-state index contributed by atoms with van der Waals surface area (Å²) < 4.78 is 28.4. The van der Waals surface area contributed by atoms with Gasteiger partial charge in [-0.15, -0.1) is 0 Å². The molecule has 3 heterocycles. The van der Waals surface area contributed by atoms with Gasteiger partial charge in [-0.25, -0.2) is 14.2 Å². The van der Waals surface area contributed by atoms with Crippen molar-refractivity contribution in [2.75, 3.05) is 11.4 Å². The number of nitrogens with zero attached hydrogens (tertiary/aromatic N) is 3. The van der Waals surface area contributed by atoms with Gasteiger partial charge >= 0.3 is 5.97 Å². The van der Waals surface area contributed by atoms with Crippen molar-refractivity contribution in [1.82, 2.24) is 9.55 Å². The molecule has 0 spiro atoms. The van der Waals surface area contributed by atoms with Crippen LogP contribution < -0.4 is 10.3 Å². The van der Waals surface area contributed by atoms with Gasteiger partial charge in [0.2, 0.25) is 5.88 Å². The van der Waals surface area contributed by atoms with E-state index in [0.29, 0.717) is 12.2 Å². The van der Waals surface area contributed by atoms with Crippen LogP contribution in [0.4, 0.5) is 15.8 Å². The molecule has 2 aromatic carbocycles. The first-order chi connectivity index (χ1) is 18.0. The lowest BCUT2D eigenvalue weighted by Crippen LogP contribution is -2.27. The molecule has 9 heteroatoms. The fourth-order valence-corrected chi connectivity index (χ4v) is 4.47. The molecule has 0 fully saturated rings. The largest absolute Gasteiger partial charge is 0.455 e. The predicted molar refractivity (Wildman–Crippen MR) is 146 cm³/mol. The third kappa shape index (κ3) is 4.87. The standard InChI is InChI=1S/C29H25ClFN3O4/c1-5-34(21-10-11-24(30)32-26(21)28(36)38-29(2,3)4)22-13-19(31)12-20-23(35)14-25(37-27(20)22)33-15-17-8-6-7-9-18(17)16-33/h6-16H,5H2,1-4H3. The van der Waals surface area contributed by atoms with Gasteiger partial charge in [0, 0.05) is 31.1 Å². The molecule has 0 saturated carbocycles. The van der Waals surface area contributed by atoms with Crippen LogP contribution >= 0.6 is 11.6 Å². The first kappa shape index (κ1) is 25.5. The van der Waals surface area contributed by atoms with Crippen molar-refractivity contribution in [2.24, 2.45) is 0 Å². The second-order valence-electron chi connectivity index (χ2n) is 9.79. The van der Waals surface area contributed by atoms with Gasteiger partial charge in [0.25, 0.3) is 0 Å². The number of hydrogen-bond donors (Lipinski definition) is 0. The number of pyridine rings is 1. The first-order valence-corrected chi connectivity index (χ1v) is 12.4. The number of esters is 1. The molecule has 0 radical (unpaired) electrons. The van der Waals surface area contributed by atoms with Crippen LogP contribution in [-0.4, -0.2) is 27.7 Å². The van der Waals surface area contributed by atoms with Crippen LogP contribution in [0.1, 0.15) is 38.2 Å². The Kier molecular flexibility index (Phi) is 6.44. The number of fused-ring (bicyclic) bond motifs is 2. The molecule has 5 rings (SSSR count). The highest BCUT2D eigenvalue weighted by molar-refractivity contribution is 6.29. The minimum atomic E-state index is -0.775. The van der Waals surface area contributed by atoms with E-state index >= 15 is 0 Å². The van der Waals surface area contributed by atoms with E-state index in [1.165, 1.54) is 18.2 Å². The summed E-state index contributed by atoms with van der Waals surface area (Å²) in [5, 5.41) is 2.11. The number of halogens is 2. The average Bonchev–Trinajstić information content (AvgIpc) is 3.29. The van der Waals surface area contributed by atoms with E-state index in [0.717, 1.165) is 16.8 Å². The Balaban J connectivity index is 1.72. The molecule has 0 amide bonds. The number of anilines is 2. The molecule has 0 aliphatic heterocycles. The second-order valence-corrected chi connectivity index (χ2v) is 10.2. The second kappa shape index (κ2) is 9.61. The molecule has 0 aliphatic carbocycles. The third-order valence-corrected chi connectivity index (χ3v) is 6.11. The summed E-state index contributed by atoms with van der Waals surface area (Å²) in [6.45, 7) is 7.35. The lowest BCUT2D eigenvalue weighted by atomic mass is 10.1. The van der Waals surface area contributed by atoms with Crippen molar-refractivity contribution in [3.05, 3.63) is 93.9 Å². The number of benzene rings is 2. The van der Waals surface area contributed by atoms with Gasteiger partial charge < -0.3 is 14.1 Å². The zero-order valence-corrected chi connectivity index (χ0v) is 22.0. The molecule has 0 aliphatic rings. The quantitative estimate of drug-likeness (QED) is 0.178. The number of aromatic nitrogens is 2. The zero-order valence-electron chi connectivity index (χ0n) is 21.3. The van der Waals surface area contributed by atoms with Crippen LogP contribution in [0.15, 0.2) is 76.2 Å². The van der Waals surface area contributed by atoms with Gasteiger partial charge in [-0.1, -0.05) is 35.9 Å². The maximum atomic E-state index is 14.9. The molecule has 0 atom stereocenters. The summed E-state index contributed by atoms with van der Waals surface area (Å²) in [7, 11) is 0. The van der Waals surface area contributed by atoms with Crippen molar-refractivity contribution >= 4 is 50.7 Å². The lowest BCUT2D eigenvalue weighted by Gasteiger charge is -2.27.